The van der Waals surface area contributed by atoms with Crippen LogP contribution in [0, 0.1) is 0 Å². The number of halogens is 2. The van der Waals surface area contributed by atoms with Crippen LogP contribution in [0.3, 0.4) is 0 Å². The normalized spacial score (nSPS) is 25.3. The van der Waals surface area contributed by atoms with E-state index in [-0.39, 0.29) is 12.1 Å². The van der Waals surface area contributed by atoms with E-state index in [4.69, 9.17) is 16.3 Å². The zero-order chi connectivity index (χ0) is 13.2. The summed E-state index contributed by atoms with van der Waals surface area (Å²) in [5.74, 6) is 0. The van der Waals surface area contributed by atoms with Gasteiger partial charge >= 0.3 is 0 Å². The van der Waals surface area contributed by atoms with Crippen LogP contribution in [0.2, 0.25) is 5.02 Å². The van der Waals surface area contributed by atoms with Gasteiger partial charge in [0.05, 0.1) is 25.4 Å². The molecule has 0 amide bonds. The predicted molar refractivity (Wildman–Crippen MR) is 75.9 cm³/mol. The van der Waals surface area contributed by atoms with E-state index in [9.17, 15) is 5.11 Å². The number of rotatable bonds is 3. The summed E-state index contributed by atoms with van der Waals surface area (Å²) in [7, 11) is 0. The van der Waals surface area contributed by atoms with Crippen molar-refractivity contribution >= 4 is 27.5 Å². The molecule has 0 aromatic heterocycles. The molecule has 18 heavy (non-hydrogen) atoms. The number of hydrogen-bond donors (Lipinski definition) is 1. The predicted octanol–water partition coefficient (Wildman–Crippen LogP) is 2.69. The molecule has 1 aromatic rings. The van der Waals surface area contributed by atoms with E-state index in [0.717, 1.165) is 22.6 Å². The largest absolute Gasteiger partial charge is 0.394 e. The Bertz CT molecular complexity index is 429. The monoisotopic (exact) mass is 333 g/mol. The van der Waals surface area contributed by atoms with Crippen LogP contribution in [0.25, 0.3) is 0 Å². The van der Waals surface area contributed by atoms with Crippen LogP contribution in [0.15, 0.2) is 22.7 Å². The highest BCUT2D eigenvalue weighted by atomic mass is 79.9. The summed E-state index contributed by atoms with van der Waals surface area (Å²) in [6.45, 7) is 4.99. The topological polar surface area (TPSA) is 32.7 Å². The third-order valence-corrected chi connectivity index (χ3v) is 4.37. The molecule has 1 N–H and O–H groups in total. The van der Waals surface area contributed by atoms with E-state index >= 15 is 0 Å². The number of aliphatic hydroxyl groups is 1. The maximum absolute atomic E-state index is 9.56. The molecule has 1 unspecified atom stereocenters. The minimum absolute atomic E-state index is 0.0954. The summed E-state index contributed by atoms with van der Waals surface area (Å²) in [6, 6.07) is 5.80. The number of hydrogen-bond acceptors (Lipinski definition) is 3. The van der Waals surface area contributed by atoms with Gasteiger partial charge in [-0.3, -0.25) is 4.90 Å². The molecule has 3 nitrogen and oxygen atoms in total. The van der Waals surface area contributed by atoms with Gasteiger partial charge in [0.2, 0.25) is 0 Å². The first-order valence-electron chi connectivity index (χ1n) is 5.93. The Morgan fingerprint density at radius 3 is 3.00 bits per heavy atom. The Kier molecular flexibility index (Phi) is 4.67. The van der Waals surface area contributed by atoms with Crippen LogP contribution in [0.5, 0.6) is 0 Å². The molecule has 1 aliphatic rings. The molecule has 0 radical (unpaired) electrons. The van der Waals surface area contributed by atoms with Gasteiger partial charge in [0, 0.05) is 22.6 Å². The fraction of sp³-hybridized carbons (Fsp3) is 0.538. The van der Waals surface area contributed by atoms with Crippen LogP contribution in [0.1, 0.15) is 12.5 Å². The van der Waals surface area contributed by atoms with Crippen LogP contribution in [0.4, 0.5) is 0 Å². The third-order valence-electron chi connectivity index (χ3n) is 3.40. The van der Waals surface area contributed by atoms with E-state index in [1.165, 1.54) is 5.56 Å². The van der Waals surface area contributed by atoms with Gasteiger partial charge in [-0.25, -0.2) is 0 Å². The summed E-state index contributed by atoms with van der Waals surface area (Å²) in [4.78, 5) is 2.25. The highest BCUT2D eigenvalue weighted by Crippen LogP contribution is 2.27. The minimum atomic E-state index is -0.308. The summed E-state index contributed by atoms with van der Waals surface area (Å²) < 4.78 is 6.46. The van der Waals surface area contributed by atoms with Gasteiger partial charge in [-0.2, -0.15) is 0 Å². The van der Waals surface area contributed by atoms with Crippen LogP contribution < -0.4 is 0 Å². The highest BCUT2D eigenvalue weighted by Gasteiger charge is 2.34. The second-order valence-electron chi connectivity index (χ2n) is 4.86. The molecule has 1 saturated heterocycles. The SMILES string of the molecule is CC1(CO)COCCN1Cc1ccc(Cl)cc1Br. The molecule has 1 aromatic carbocycles. The Hall–Kier alpha value is -0.130. The van der Waals surface area contributed by atoms with Gasteiger partial charge in [-0.1, -0.05) is 33.6 Å². The second kappa shape index (κ2) is 5.88. The van der Waals surface area contributed by atoms with Gasteiger partial charge in [-0.05, 0) is 24.6 Å². The molecular formula is C13H17BrClNO2. The van der Waals surface area contributed by atoms with Gasteiger partial charge in [0.1, 0.15) is 0 Å². The van der Waals surface area contributed by atoms with E-state index in [2.05, 4.69) is 20.8 Å². The molecule has 1 heterocycles. The van der Waals surface area contributed by atoms with E-state index in [0.29, 0.717) is 13.2 Å². The Morgan fingerprint density at radius 1 is 1.56 bits per heavy atom. The van der Waals surface area contributed by atoms with E-state index in [1.54, 1.807) is 0 Å². The molecule has 0 aliphatic carbocycles. The molecular weight excluding hydrogens is 318 g/mol. The lowest BCUT2D eigenvalue weighted by atomic mass is 10.00. The first kappa shape index (κ1) is 14.3. The molecule has 0 bridgehead atoms. The van der Waals surface area contributed by atoms with Crippen molar-refractivity contribution in [3.63, 3.8) is 0 Å². The first-order chi connectivity index (χ1) is 8.55. The van der Waals surface area contributed by atoms with E-state index < -0.39 is 0 Å². The standard InChI is InChI=1S/C13H17BrClNO2/c1-13(8-17)9-18-5-4-16(13)7-10-2-3-11(15)6-12(10)14/h2-3,6,17H,4-5,7-9H2,1H3. The van der Waals surface area contributed by atoms with Crippen molar-refractivity contribution in [3.05, 3.63) is 33.3 Å². The number of morpholine rings is 1. The molecule has 1 aliphatic heterocycles. The first-order valence-corrected chi connectivity index (χ1v) is 7.10. The molecule has 1 atom stereocenters. The zero-order valence-corrected chi connectivity index (χ0v) is 12.7. The smallest absolute Gasteiger partial charge is 0.0671 e. The van der Waals surface area contributed by atoms with Crippen molar-refractivity contribution in [3.8, 4) is 0 Å². The van der Waals surface area contributed by atoms with Crippen molar-refractivity contribution in [1.82, 2.24) is 4.90 Å². The average molecular weight is 335 g/mol. The van der Waals surface area contributed by atoms with Crippen LogP contribution in [-0.4, -0.2) is 41.9 Å². The molecule has 100 valence electrons. The summed E-state index contributed by atoms with van der Waals surface area (Å²) >= 11 is 9.47. The fourth-order valence-corrected chi connectivity index (χ4v) is 2.91. The maximum atomic E-state index is 9.56. The minimum Gasteiger partial charge on any atom is -0.394 e. The molecule has 5 heteroatoms. The van der Waals surface area contributed by atoms with Crippen molar-refractivity contribution in [1.29, 1.82) is 0 Å². The second-order valence-corrected chi connectivity index (χ2v) is 6.16. The Balaban J connectivity index is 2.16. The summed E-state index contributed by atoms with van der Waals surface area (Å²) in [5, 5.41) is 10.3. The Labute approximate surface area is 121 Å². The average Bonchev–Trinajstić information content (AvgIpc) is 2.35. The number of ether oxygens (including phenoxy) is 1. The van der Waals surface area contributed by atoms with Crippen molar-refractivity contribution in [2.24, 2.45) is 0 Å². The number of benzene rings is 1. The zero-order valence-electron chi connectivity index (χ0n) is 10.3. The lowest BCUT2D eigenvalue weighted by molar-refractivity contribution is -0.0864. The van der Waals surface area contributed by atoms with Gasteiger partial charge in [-0.15, -0.1) is 0 Å². The van der Waals surface area contributed by atoms with E-state index in [1.807, 2.05) is 25.1 Å². The highest BCUT2D eigenvalue weighted by molar-refractivity contribution is 9.10. The van der Waals surface area contributed by atoms with Gasteiger partial charge in [0.15, 0.2) is 0 Å². The van der Waals surface area contributed by atoms with Gasteiger partial charge in [0.25, 0.3) is 0 Å². The summed E-state index contributed by atoms with van der Waals surface area (Å²) in [6.07, 6.45) is 0. The Morgan fingerprint density at radius 2 is 2.33 bits per heavy atom. The van der Waals surface area contributed by atoms with Crippen molar-refractivity contribution in [2.75, 3.05) is 26.4 Å². The molecule has 0 spiro atoms. The van der Waals surface area contributed by atoms with Crippen molar-refractivity contribution in [2.45, 2.75) is 19.0 Å². The van der Waals surface area contributed by atoms with Crippen LogP contribution in [-0.2, 0) is 11.3 Å². The van der Waals surface area contributed by atoms with Crippen molar-refractivity contribution < 1.29 is 9.84 Å². The molecule has 2 rings (SSSR count). The number of nitrogens with zero attached hydrogens (tertiary/aromatic N) is 1. The van der Waals surface area contributed by atoms with Crippen LogP contribution >= 0.6 is 27.5 Å². The molecule has 0 saturated carbocycles. The lowest BCUT2D eigenvalue weighted by Gasteiger charge is -2.43. The summed E-state index contributed by atoms with van der Waals surface area (Å²) in [5.41, 5.74) is 0.859. The quantitative estimate of drug-likeness (QED) is 0.922. The third kappa shape index (κ3) is 3.06. The maximum Gasteiger partial charge on any atom is 0.0671 e. The molecule has 1 fully saturated rings. The fourth-order valence-electron chi connectivity index (χ4n) is 2.10. The number of aliphatic hydroxyl groups excluding tert-OH is 1. The van der Waals surface area contributed by atoms with Gasteiger partial charge < -0.3 is 9.84 Å². The lowest BCUT2D eigenvalue weighted by Crippen LogP contribution is -2.56.